The Morgan fingerprint density at radius 1 is 1.04 bits per heavy atom. The van der Waals surface area contributed by atoms with Crippen LogP contribution in [0.25, 0.3) is 11.3 Å². The van der Waals surface area contributed by atoms with Crippen LogP contribution in [-0.4, -0.2) is 11.6 Å². The van der Waals surface area contributed by atoms with Crippen molar-refractivity contribution in [2.75, 3.05) is 5.32 Å². The van der Waals surface area contributed by atoms with Crippen molar-refractivity contribution in [2.45, 2.75) is 12.8 Å². The summed E-state index contributed by atoms with van der Waals surface area (Å²) in [6.07, 6.45) is -4.42. The molecule has 0 saturated heterocycles. The van der Waals surface area contributed by atoms with Crippen LogP contribution in [0.1, 0.15) is 5.56 Å². The van der Waals surface area contributed by atoms with Crippen molar-refractivity contribution in [2.24, 2.45) is 0 Å². The number of hydrogen-bond acceptors (Lipinski definition) is 4. The average Bonchev–Trinajstić information content (AvgIpc) is 3.03. The highest BCUT2D eigenvalue weighted by Gasteiger charge is 2.30. The number of ether oxygens (including phenoxy) is 1. The molecular formula is C17H11F5N2OS. The van der Waals surface area contributed by atoms with Gasteiger partial charge in [-0.1, -0.05) is 6.07 Å². The van der Waals surface area contributed by atoms with Crippen molar-refractivity contribution in [3.8, 4) is 17.0 Å². The molecule has 0 saturated carbocycles. The molecule has 0 unspecified atom stereocenters. The zero-order valence-corrected chi connectivity index (χ0v) is 13.7. The molecule has 3 rings (SSSR count). The first-order valence-electron chi connectivity index (χ1n) is 7.26. The average molecular weight is 386 g/mol. The van der Waals surface area contributed by atoms with Crippen molar-refractivity contribution in [3.63, 3.8) is 0 Å². The zero-order valence-electron chi connectivity index (χ0n) is 12.9. The number of aromatic nitrogens is 1. The van der Waals surface area contributed by atoms with Crippen LogP contribution in [0.2, 0.25) is 0 Å². The summed E-state index contributed by atoms with van der Waals surface area (Å²) in [6, 6.07) is 10.7. The summed E-state index contributed by atoms with van der Waals surface area (Å²) in [5, 5.41) is 4.94. The Balaban J connectivity index is 1.74. The fraction of sp³-hybridized carbons (Fsp3) is 0.118. The molecule has 1 aromatic heterocycles. The van der Waals surface area contributed by atoms with E-state index < -0.39 is 18.4 Å². The monoisotopic (exact) mass is 386 g/mol. The summed E-state index contributed by atoms with van der Waals surface area (Å²) < 4.78 is 66.8. The minimum atomic E-state index is -4.42. The first kappa shape index (κ1) is 18.1. The Hall–Kier alpha value is -2.68. The van der Waals surface area contributed by atoms with Gasteiger partial charge in [0.1, 0.15) is 5.75 Å². The quantitative estimate of drug-likeness (QED) is 0.532. The summed E-state index contributed by atoms with van der Waals surface area (Å²) in [5.41, 5.74) is 0.739. The lowest BCUT2D eigenvalue weighted by atomic mass is 10.2. The molecule has 0 aliphatic carbocycles. The van der Waals surface area contributed by atoms with Gasteiger partial charge >= 0.3 is 12.8 Å². The fourth-order valence-corrected chi connectivity index (χ4v) is 2.91. The maximum atomic E-state index is 12.7. The van der Waals surface area contributed by atoms with E-state index in [0.717, 1.165) is 12.1 Å². The number of nitrogens with one attached hydrogen (secondary N) is 1. The number of anilines is 2. The molecule has 26 heavy (non-hydrogen) atoms. The highest BCUT2D eigenvalue weighted by Crippen LogP contribution is 2.33. The van der Waals surface area contributed by atoms with E-state index in [2.05, 4.69) is 15.0 Å². The molecule has 0 aliphatic rings. The number of nitrogens with zero attached hydrogens (tertiary/aromatic N) is 1. The molecule has 1 N–H and O–H groups in total. The van der Waals surface area contributed by atoms with Crippen LogP contribution < -0.4 is 10.1 Å². The van der Waals surface area contributed by atoms with Gasteiger partial charge in [-0.05, 0) is 42.5 Å². The SMILES string of the molecule is FC(F)Oc1ccc(-c2csc(Nc3cccc(C(F)(F)F)c3)n2)cc1. The van der Waals surface area contributed by atoms with Crippen molar-refractivity contribution in [3.05, 3.63) is 59.5 Å². The van der Waals surface area contributed by atoms with Gasteiger partial charge in [-0.25, -0.2) is 4.98 Å². The third-order valence-electron chi connectivity index (χ3n) is 3.32. The summed E-state index contributed by atoms with van der Waals surface area (Å²) >= 11 is 1.21. The van der Waals surface area contributed by atoms with Gasteiger partial charge in [0.2, 0.25) is 0 Å². The number of alkyl halides is 5. The van der Waals surface area contributed by atoms with Crippen LogP contribution in [0.15, 0.2) is 53.9 Å². The Kier molecular flexibility index (Phi) is 5.08. The lowest BCUT2D eigenvalue weighted by Crippen LogP contribution is -2.05. The third kappa shape index (κ3) is 4.48. The van der Waals surface area contributed by atoms with E-state index in [1.165, 1.54) is 35.6 Å². The number of hydrogen-bond donors (Lipinski definition) is 1. The van der Waals surface area contributed by atoms with Crippen molar-refractivity contribution in [1.82, 2.24) is 4.98 Å². The molecule has 9 heteroatoms. The number of rotatable bonds is 5. The van der Waals surface area contributed by atoms with Gasteiger partial charge < -0.3 is 10.1 Å². The van der Waals surface area contributed by atoms with E-state index in [1.54, 1.807) is 17.5 Å². The molecule has 0 spiro atoms. The smallest absolute Gasteiger partial charge is 0.416 e. The summed E-state index contributed by atoms with van der Waals surface area (Å²) in [7, 11) is 0. The first-order valence-corrected chi connectivity index (χ1v) is 8.14. The van der Waals surface area contributed by atoms with E-state index in [9.17, 15) is 22.0 Å². The molecule has 0 atom stereocenters. The second kappa shape index (κ2) is 7.28. The minimum absolute atomic E-state index is 0.0290. The molecule has 2 aromatic carbocycles. The normalized spacial score (nSPS) is 11.6. The summed E-state index contributed by atoms with van der Waals surface area (Å²) in [6.45, 7) is -2.90. The zero-order chi connectivity index (χ0) is 18.7. The third-order valence-corrected chi connectivity index (χ3v) is 4.08. The standard InChI is InChI=1S/C17H11F5N2OS/c18-15(19)25-13-6-4-10(5-7-13)14-9-26-16(24-14)23-12-3-1-2-11(8-12)17(20,21)22/h1-9,15H,(H,23,24). The molecule has 3 nitrogen and oxygen atoms in total. The largest absolute Gasteiger partial charge is 0.435 e. The van der Waals surface area contributed by atoms with Gasteiger partial charge in [0, 0.05) is 16.6 Å². The van der Waals surface area contributed by atoms with Gasteiger partial charge in [-0.2, -0.15) is 22.0 Å². The van der Waals surface area contributed by atoms with E-state index in [-0.39, 0.29) is 11.4 Å². The van der Waals surface area contributed by atoms with E-state index >= 15 is 0 Å². The Morgan fingerprint density at radius 3 is 2.42 bits per heavy atom. The van der Waals surface area contributed by atoms with Crippen LogP contribution in [0.3, 0.4) is 0 Å². The predicted molar refractivity (Wildman–Crippen MR) is 88.9 cm³/mol. The maximum Gasteiger partial charge on any atom is 0.416 e. The lowest BCUT2D eigenvalue weighted by Gasteiger charge is -2.09. The molecule has 1 heterocycles. The Morgan fingerprint density at radius 2 is 1.77 bits per heavy atom. The molecule has 0 fully saturated rings. The van der Waals surface area contributed by atoms with Crippen molar-refractivity contribution < 1.29 is 26.7 Å². The Bertz CT molecular complexity index is 877. The molecule has 0 amide bonds. The van der Waals surface area contributed by atoms with E-state index in [4.69, 9.17) is 0 Å². The topological polar surface area (TPSA) is 34.1 Å². The molecular weight excluding hydrogens is 375 g/mol. The highest BCUT2D eigenvalue weighted by molar-refractivity contribution is 7.14. The molecule has 0 aliphatic heterocycles. The summed E-state index contributed by atoms with van der Waals surface area (Å²) in [5.74, 6) is 0.0290. The van der Waals surface area contributed by atoms with Crippen molar-refractivity contribution in [1.29, 1.82) is 0 Å². The van der Waals surface area contributed by atoms with E-state index in [1.807, 2.05) is 0 Å². The van der Waals surface area contributed by atoms with Gasteiger partial charge in [0.15, 0.2) is 5.13 Å². The highest BCUT2D eigenvalue weighted by atomic mass is 32.1. The van der Waals surface area contributed by atoms with Gasteiger partial charge in [0.05, 0.1) is 11.3 Å². The Labute approximate surface area is 149 Å². The molecule has 3 aromatic rings. The van der Waals surface area contributed by atoms with E-state index in [0.29, 0.717) is 16.4 Å². The second-order valence-electron chi connectivity index (χ2n) is 5.14. The summed E-state index contributed by atoms with van der Waals surface area (Å²) in [4.78, 5) is 4.30. The number of halogens is 5. The van der Waals surface area contributed by atoms with Crippen LogP contribution in [0.4, 0.5) is 32.8 Å². The van der Waals surface area contributed by atoms with Gasteiger partial charge in [0.25, 0.3) is 0 Å². The predicted octanol–water partition coefficient (Wildman–Crippen LogP) is 6.17. The number of benzene rings is 2. The van der Waals surface area contributed by atoms with Crippen LogP contribution in [0.5, 0.6) is 5.75 Å². The lowest BCUT2D eigenvalue weighted by molar-refractivity contribution is -0.137. The van der Waals surface area contributed by atoms with Crippen molar-refractivity contribution >= 4 is 22.2 Å². The number of thiazole rings is 1. The van der Waals surface area contributed by atoms with Gasteiger partial charge in [-0.3, -0.25) is 0 Å². The molecule has 136 valence electrons. The maximum absolute atomic E-state index is 12.7. The van der Waals surface area contributed by atoms with Crippen LogP contribution >= 0.6 is 11.3 Å². The van der Waals surface area contributed by atoms with Crippen LogP contribution in [0, 0.1) is 0 Å². The van der Waals surface area contributed by atoms with Gasteiger partial charge in [-0.15, -0.1) is 11.3 Å². The fourth-order valence-electron chi connectivity index (χ4n) is 2.17. The molecule has 0 radical (unpaired) electrons. The molecule has 0 bridgehead atoms. The first-order chi connectivity index (χ1) is 12.3. The van der Waals surface area contributed by atoms with Crippen LogP contribution in [-0.2, 0) is 6.18 Å². The minimum Gasteiger partial charge on any atom is -0.435 e. The second-order valence-corrected chi connectivity index (χ2v) is 6.00.